The van der Waals surface area contributed by atoms with Crippen LogP contribution in [0.5, 0.6) is 0 Å². The molecule has 1 aliphatic heterocycles. The predicted octanol–water partition coefficient (Wildman–Crippen LogP) is 0.807. The molecule has 0 spiro atoms. The summed E-state index contributed by atoms with van der Waals surface area (Å²) in [5, 5.41) is 8.15. The summed E-state index contributed by atoms with van der Waals surface area (Å²) in [4.78, 5) is 0. The molecule has 0 aromatic carbocycles. The molecule has 3 heteroatoms. The Morgan fingerprint density at radius 2 is 2.71 bits per heavy atom. The van der Waals surface area contributed by atoms with E-state index in [4.69, 9.17) is 5.26 Å². The van der Waals surface area contributed by atoms with Crippen LogP contribution in [0.25, 0.3) is 0 Å². The molecular weight excluding hydrogens is 108 g/mol. The second-order valence-electron chi connectivity index (χ2n) is 1.05. The van der Waals surface area contributed by atoms with Gasteiger partial charge < -0.3 is 4.72 Å². The topological polar surface area (TPSA) is 35.8 Å². The molecule has 0 bridgehead atoms. The minimum Gasteiger partial charge on any atom is -0.321 e. The van der Waals surface area contributed by atoms with E-state index in [-0.39, 0.29) is 0 Å². The lowest BCUT2D eigenvalue weighted by Crippen LogP contribution is -1.91. The molecule has 0 aliphatic carbocycles. The molecule has 1 heterocycles. The van der Waals surface area contributed by atoms with Crippen LogP contribution in [0.1, 0.15) is 0 Å². The van der Waals surface area contributed by atoms with Gasteiger partial charge in [-0.25, -0.2) is 0 Å². The molecule has 0 fully saturated rings. The number of hydrogen-bond acceptors (Lipinski definition) is 3. The lowest BCUT2D eigenvalue weighted by Gasteiger charge is -1.84. The number of nitrogens with one attached hydrogen (secondary N) is 1. The van der Waals surface area contributed by atoms with E-state index in [9.17, 15) is 0 Å². The smallest absolute Gasteiger partial charge is 0.120 e. The van der Waals surface area contributed by atoms with Gasteiger partial charge in [0, 0.05) is 0 Å². The molecule has 0 aromatic heterocycles. The molecule has 35 valence electrons. The maximum absolute atomic E-state index is 8.15. The molecule has 0 saturated carbocycles. The van der Waals surface area contributed by atoms with Gasteiger partial charge in [-0.3, -0.25) is 0 Å². The fourth-order valence-electron chi connectivity index (χ4n) is 0.294. The molecule has 2 nitrogen and oxygen atoms in total. The van der Waals surface area contributed by atoms with Gasteiger partial charge >= 0.3 is 0 Å². The molecule has 1 radical (unpaired) electrons. The van der Waals surface area contributed by atoms with Gasteiger partial charge in [0.2, 0.25) is 0 Å². The van der Waals surface area contributed by atoms with Crippen LogP contribution in [0.3, 0.4) is 0 Å². The zero-order chi connectivity index (χ0) is 5.11. The zero-order valence-corrected chi connectivity index (χ0v) is 4.33. The molecule has 0 unspecified atom stereocenters. The van der Waals surface area contributed by atoms with Crippen LogP contribution >= 0.6 is 11.9 Å². The Kier molecular flexibility index (Phi) is 1.23. The maximum atomic E-state index is 8.15. The molecule has 1 aliphatic rings. The summed E-state index contributed by atoms with van der Waals surface area (Å²) in [6, 6.07) is 1.96. The second-order valence-corrected chi connectivity index (χ2v) is 1.76. The zero-order valence-electron chi connectivity index (χ0n) is 3.51. The van der Waals surface area contributed by atoms with Crippen molar-refractivity contribution in [2.75, 3.05) is 0 Å². The molecule has 7 heavy (non-hydrogen) atoms. The van der Waals surface area contributed by atoms with Crippen LogP contribution in [0, 0.1) is 17.1 Å². The average molecular weight is 111 g/mol. The Labute approximate surface area is 46.3 Å². The van der Waals surface area contributed by atoms with E-state index in [0.29, 0.717) is 5.70 Å². The van der Waals surface area contributed by atoms with Crippen molar-refractivity contribution in [3.8, 4) is 6.07 Å². The monoisotopic (exact) mass is 111 g/mol. The van der Waals surface area contributed by atoms with Crippen molar-refractivity contribution < 1.29 is 0 Å². The molecule has 0 amide bonds. The van der Waals surface area contributed by atoms with Crippen molar-refractivity contribution in [3.05, 3.63) is 17.5 Å². The maximum Gasteiger partial charge on any atom is 0.120 e. The van der Waals surface area contributed by atoms with Gasteiger partial charge in [-0.05, 0) is 18.0 Å². The fraction of sp³-hybridized carbons (Fsp3) is 0. The van der Waals surface area contributed by atoms with Crippen molar-refractivity contribution >= 4 is 11.9 Å². The van der Waals surface area contributed by atoms with Crippen LogP contribution in [-0.2, 0) is 0 Å². The first-order valence-electron chi connectivity index (χ1n) is 1.79. The highest BCUT2D eigenvalue weighted by molar-refractivity contribution is 7.99. The summed E-state index contributed by atoms with van der Waals surface area (Å²) < 4.78 is 2.77. The average Bonchev–Trinajstić information content (AvgIpc) is 2.14. The van der Waals surface area contributed by atoms with E-state index in [0.717, 1.165) is 0 Å². The first-order chi connectivity index (χ1) is 3.43. The van der Waals surface area contributed by atoms with Crippen LogP contribution in [0.2, 0.25) is 0 Å². The van der Waals surface area contributed by atoms with E-state index in [2.05, 4.69) is 4.72 Å². The number of nitriles is 1. The first kappa shape index (κ1) is 4.54. The van der Waals surface area contributed by atoms with Crippen LogP contribution in [0.4, 0.5) is 0 Å². The molecule has 0 saturated heterocycles. The quantitative estimate of drug-likeness (QED) is 0.470. The second kappa shape index (κ2) is 1.90. The van der Waals surface area contributed by atoms with Crippen molar-refractivity contribution in [3.63, 3.8) is 0 Å². The van der Waals surface area contributed by atoms with Crippen molar-refractivity contribution in [2.45, 2.75) is 0 Å². The van der Waals surface area contributed by atoms with Crippen molar-refractivity contribution in [1.82, 2.24) is 4.72 Å². The normalized spacial score (nSPS) is 17.3. The lowest BCUT2D eigenvalue weighted by molar-refractivity contribution is 1.31. The largest absolute Gasteiger partial charge is 0.321 e. The number of allylic oxidation sites excluding steroid dienone is 1. The Hall–Kier alpha value is -0.620. The molecular formula is C4H3N2S. The minimum atomic E-state index is 0.630. The van der Waals surface area contributed by atoms with E-state index < -0.39 is 0 Å². The van der Waals surface area contributed by atoms with Crippen LogP contribution in [0.15, 0.2) is 11.8 Å². The third kappa shape index (κ3) is 0.875. The van der Waals surface area contributed by atoms with Crippen LogP contribution in [-0.4, -0.2) is 0 Å². The molecule has 1 rings (SSSR count). The SMILES string of the molecule is N#CC1=C[CH]SN1. The van der Waals surface area contributed by atoms with E-state index in [1.807, 2.05) is 11.8 Å². The molecule has 0 atom stereocenters. The van der Waals surface area contributed by atoms with E-state index >= 15 is 0 Å². The van der Waals surface area contributed by atoms with Crippen molar-refractivity contribution in [1.29, 1.82) is 5.26 Å². The summed E-state index contributed by atoms with van der Waals surface area (Å²) in [7, 11) is 0. The Balaban J connectivity index is 2.57. The van der Waals surface area contributed by atoms with Gasteiger partial charge in [-0.1, -0.05) is 0 Å². The summed E-state index contributed by atoms with van der Waals surface area (Å²) in [6.07, 6.45) is 1.74. The van der Waals surface area contributed by atoms with Gasteiger partial charge in [0.1, 0.15) is 11.8 Å². The van der Waals surface area contributed by atoms with Gasteiger partial charge in [-0.2, -0.15) is 5.26 Å². The molecule has 1 N–H and O–H groups in total. The Morgan fingerprint density at radius 1 is 1.86 bits per heavy atom. The summed E-state index contributed by atoms with van der Waals surface area (Å²) in [5.74, 6) is 1.83. The predicted molar refractivity (Wildman–Crippen MR) is 28.7 cm³/mol. The first-order valence-corrected chi connectivity index (χ1v) is 2.67. The van der Waals surface area contributed by atoms with Gasteiger partial charge in [0.15, 0.2) is 0 Å². The molecule has 0 aromatic rings. The number of rotatable bonds is 0. The summed E-state index contributed by atoms with van der Waals surface area (Å²) >= 11 is 1.42. The third-order valence-corrected chi connectivity index (χ3v) is 1.20. The van der Waals surface area contributed by atoms with Gasteiger partial charge in [0.05, 0.1) is 5.75 Å². The summed E-state index contributed by atoms with van der Waals surface area (Å²) in [6.45, 7) is 0. The Morgan fingerprint density at radius 3 is 3.00 bits per heavy atom. The van der Waals surface area contributed by atoms with E-state index in [1.54, 1.807) is 6.08 Å². The van der Waals surface area contributed by atoms with Crippen molar-refractivity contribution in [2.24, 2.45) is 0 Å². The van der Waals surface area contributed by atoms with E-state index in [1.165, 1.54) is 11.9 Å². The highest BCUT2D eigenvalue weighted by atomic mass is 32.2. The van der Waals surface area contributed by atoms with Gasteiger partial charge in [-0.15, -0.1) is 0 Å². The number of hydrogen-bond donors (Lipinski definition) is 1. The number of nitrogens with zero attached hydrogens (tertiary/aromatic N) is 1. The van der Waals surface area contributed by atoms with Gasteiger partial charge in [0.25, 0.3) is 0 Å². The fourth-order valence-corrected chi connectivity index (χ4v) is 0.806. The standard InChI is InChI=1S/C4H3N2S/c5-3-4-1-2-7-6-4/h1-2,6H. The van der Waals surface area contributed by atoms with Crippen LogP contribution < -0.4 is 4.72 Å². The Bertz CT molecular complexity index is 133. The summed E-state index contributed by atoms with van der Waals surface area (Å²) in [5.41, 5.74) is 0.630. The highest BCUT2D eigenvalue weighted by Crippen LogP contribution is 2.12. The highest BCUT2D eigenvalue weighted by Gasteiger charge is 1.99. The minimum absolute atomic E-state index is 0.630. The third-order valence-electron chi connectivity index (χ3n) is 0.592. The lowest BCUT2D eigenvalue weighted by atomic mass is 10.5.